The molecule has 0 aliphatic carbocycles. The highest BCUT2D eigenvalue weighted by molar-refractivity contribution is 7.47. The molecule has 20 N–H and O–H groups in total. The average Bonchev–Trinajstić information content (AvgIpc) is 1.53. The molecular weight excluding hydrogens is 1180 g/mol. The number of fused-ring (bicyclic) bond motifs is 10. The van der Waals surface area contributed by atoms with Crippen LogP contribution in [0.5, 0.6) is 0 Å². The van der Waals surface area contributed by atoms with Crippen LogP contribution in [0.3, 0.4) is 0 Å². The van der Waals surface area contributed by atoms with Crippen LogP contribution in [0.4, 0.5) is 11.4 Å². The molecule has 18 atom stereocenters. The normalized spacial score (nSPS) is 37.3. The maximum atomic E-state index is 14.3. The third-order valence-corrected chi connectivity index (χ3v) is 22.8. The highest BCUT2D eigenvalue weighted by Crippen LogP contribution is 2.62. The molecule has 1 aromatic carbocycles. The number of ether oxygens (including phenoxy) is 1. The number of nitrogens with one attached hydrogen (secondary N) is 5. The number of aliphatic hydroxyl groups is 2. The minimum Gasteiger partial charge on any atom is -0.394 e. The smallest absolute Gasteiger partial charge is 0.394 e. The number of anilines is 2. The van der Waals surface area contributed by atoms with Crippen molar-refractivity contribution >= 4 is 66.8 Å². The molecule has 28 heteroatoms. The number of carbonyl (C=O) groups excluding carboxylic acids is 7. The number of allylic oxidation sites excluding steroid dienone is 3. The van der Waals surface area contributed by atoms with E-state index in [1.807, 2.05) is 67.5 Å². The number of nitrogens with zero attached hydrogens (tertiary/aromatic N) is 2. The fourth-order valence-corrected chi connectivity index (χ4v) is 17.8. The predicted molar refractivity (Wildman–Crippen MR) is 335 cm³/mol. The van der Waals surface area contributed by atoms with Gasteiger partial charge in [-0.25, -0.2) is 9.56 Å². The summed E-state index contributed by atoms with van der Waals surface area (Å²) in [5, 5.41) is 40.6. The third kappa shape index (κ3) is 13.2. The molecule has 0 radical (unpaired) electrons. The number of amides is 7. The second-order valence-electron chi connectivity index (χ2n) is 27.8. The van der Waals surface area contributed by atoms with Crippen molar-refractivity contribution in [2.45, 2.75) is 207 Å². The van der Waals surface area contributed by atoms with Crippen molar-refractivity contribution in [2.24, 2.45) is 84.7 Å². The minimum atomic E-state index is -5.09. The van der Waals surface area contributed by atoms with E-state index in [1.165, 1.54) is 6.92 Å². The summed E-state index contributed by atoms with van der Waals surface area (Å²) in [5.41, 5.74) is 38.1. The maximum Gasteiger partial charge on any atom is 0.473 e. The zero-order valence-corrected chi connectivity index (χ0v) is 54.5. The van der Waals surface area contributed by atoms with Gasteiger partial charge in [0.15, 0.2) is 6.23 Å². The lowest BCUT2D eigenvalue weighted by Gasteiger charge is -2.49. The molecule has 0 saturated carbocycles. The molecular formula is C62H96N13O14P. The number of aliphatic imine (C=N–C) groups is 1. The number of aryl methyl sites for hydroxylation is 2. The number of hydrogen-bond acceptors (Lipinski definition) is 19. The predicted octanol–water partition coefficient (Wildman–Crippen LogP) is 1.86. The quantitative estimate of drug-likeness (QED) is 0.0491. The Morgan fingerprint density at radius 3 is 1.92 bits per heavy atom. The first-order valence-electron chi connectivity index (χ1n) is 31.1. The highest BCUT2D eigenvalue weighted by atomic mass is 31.2. The number of phosphoric acid groups is 1. The molecule has 0 aromatic heterocycles. The second-order valence-corrected chi connectivity index (χ2v) is 29.2. The Labute approximate surface area is 526 Å². The molecule has 0 spiro atoms. The number of hydrogen-bond donors (Lipinski definition) is 14. The Hall–Kier alpha value is -6.45. The number of aliphatic hydroxyl groups excluding tert-OH is 2. The molecule has 90 heavy (non-hydrogen) atoms. The average molecular weight is 1280 g/mol. The van der Waals surface area contributed by atoms with Gasteiger partial charge in [-0.1, -0.05) is 34.6 Å². The molecule has 7 aliphatic rings. The number of benzene rings is 1. The van der Waals surface area contributed by atoms with E-state index in [1.54, 1.807) is 4.90 Å². The van der Waals surface area contributed by atoms with Gasteiger partial charge in [0.1, 0.15) is 24.4 Å². The van der Waals surface area contributed by atoms with Gasteiger partial charge in [0, 0.05) is 119 Å². The largest absolute Gasteiger partial charge is 0.473 e. The summed E-state index contributed by atoms with van der Waals surface area (Å²) >= 11 is 0. The van der Waals surface area contributed by atoms with Crippen molar-refractivity contribution in [3.63, 3.8) is 0 Å². The van der Waals surface area contributed by atoms with Gasteiger partial charge in [0.25, 0.3) is 0 Å². The molecule has 4 unspecified atom stereocenters. The molecule has 8 rings (SSSR count). The summed E-state index contributed by atoms with van der Waals surface area (Å²) in [6.45, 7) is 20.5. The Balaban J connectivity index is 1.19. The zero-order chi connectivity index (χ0) is 66.7. The third-order valence-electron chi connectivity index (χ3n) is 21.7. The molecule has 27 nitrogen and oxygen atoms in total. The standard InChI is InChI=1S/C62H96N13O14P/c1-29-20-39-40(21-30(29)2)75(28-70-39)57-52(84)53(41(27-76)87-57)89-90(85,86)88-31(3)26-69-49(83)18-19-59(8)37(22-46(66)80)56-62(11)61(10,25-48(68)82)36(14-17-45(65)79)51(74-62)33(5)55-60(9,24-47(67)81)34(12-15-43(63)77)38(71-55)23-42-58(6,7)35(13-16-44(64)78)50(72-42)32(4)54(59)73-56/h20-21,23,26,31,34-38,41,50-53,56-57,70-74,76,84H,12-19,22,24-25,27-28H2,1-11H3,(H2,63,77)(H2,64,78)(H2,65,79)(H2,66,80)(H2,67,81)(H2,68,82)(H,85,86)/b42-23-,54-32-,55-33-,69-26?/t31-,34-,35-,36-,37+,38?,41-,50?,51?,52-,53-,56-,57+,59-,60+,61+,62+/m1/s1. The van der Waals surface area contributed by atoms with Crippen molar-refractivity contribution in [3.8, 4) is 0 Å². The van der Waals surface area contributed by atoms with Gasteiger partial charge < -0.3 is 85.7 Å². The van der Waals surface area contributed by atoms with Crippen LogP contribution in [0.2, 0.25) is 0 Å². The molecule has 7 amide bonds. The Bertz CT molecular complexity index is 3230. The Morgan fingerprint density at radius 2 is 1.33 bits per heavy atom. The van der Waals surface area contributed by atoms with Crippen LogP contribution in [0.1, 0.15) is 144 Å². The van der Waals surface area contributed by atoms with Gasteiger partial charge in [0.05, 0.1) is 30.7 Å². The van der Waals surface area contributed by atoms with Gasteiger partial charge in [-0.05, 0) is 125 Å². The Morgan fingerprint density at radius 1 is 0.756 bits per heavy atom. The van der Waals surface area contributed by atoms with E-state index < -0.39 is 156 Å². The van der Waals surface area contributed by atoms with Gasteiger partial charge in [-0.15, -0.1) is 0 Å². The SMILES string of the molecule is C/C1=C2/N[C@H]([C@H](CC(N)=O)[C@@]2(C)CCC(=O)N=C[C@@H](C)OP(=O)(O)O[C@H]2[C@@H](O)[C@@H](N3CNc4cc(C)c(C)cc43)O[C@@H]2CO)[C@]2(C)NC(/C(C)=C3\NC(/C=C4\NC1[C@@H](CCC(N)=O)C4(C)C)[C@@H](CCC(N)=O)[C@]3(C)CC(N)=O)[C@@H](CCC(N)=O)[C@]2(C)CC(N)=O. The van der Waals surface area contributed by atoms with E-state index in [0.29, 0.717) is 23.4 Å². The Kier molecular flexibility index (Phi) is 20.0. The minimum absolute atomic E-state index is 0.0196. The number of carbonyl (C=O) groups is 7. The lowest BCUT2D eigenvalue weighted by atomic mass is 9.56. The summed E-state index contributed by atoms with van der Waals surface area (Å²) in [6, 6.07) is 1.27. The molecule has 5 saturated heterocycles. The van der Waals surface area contributed by atoms with E-state index in [-0.39, 0.29) is 76.8 Å². The first-order valence-corrected chi connectivity index (χ1v) is 32.6. The van der Waals surface area contributed by atoms with Crippen LogP contribution in [0.15, 0.2) is 51.4 Å². The van der Waals surface area contributed by atoms with E-state index in [0.717, 1.165) is 40.0 Å². The fourth-order valence-electron chi connectivity index (χ4n) is 16.7. The van der Waals surface area contributed by atoms with Crippen LogP contribution in [-0.2, 0) is 51.9 Å². The van der Waals surface area contributed by atoms with E-state index in [4.69, 9.17) is 48.2 Å². The maximum absolute atomic E-state index is 14.3. The van der Waals surface area contributed by atoms with Gasteiger partial charge in [0.2, 0.25) is 41.4 Å². The number of primary amides is 6. The summed E-state index contributed by atoms with van der Waals surface area (Å²) < 4.78 is 30.7. The molecule has 498 valence electrons. The van der Waals surface area contributed by atoms with E-state index in [9.17, 15) is 53.2 Å². The number of nitrogens with two attached hydrogens (primary N) is 6. The van der Waals surface area contributed by atoms with Gasteiger partial charge in [-0.2, -0.15) is 0 Å². The van der Waals surface area contributed by atoms with Crippen LogP contribution >= 0.6 is 7.82 Å². The van der Waals surface area contributed by atoms with Crippen molar-refractivity contribution in [3.05, 3.63) is 57.6 Å². The van der Waals surface area contributed by atoms with E-state index in [2.05, 4.69) is 51.5 Å². The molecule has 5 fully saturated rings. The summed E-state index contributed by atoms with van der Waals surface area (Å²) in [7, 11) is -5.09. The molecule has 7 heterocycles. The van der Waals surface area contributed by atoms with Gasteiger partial charge >= 0.3 is 7.82 Å². The molecule has 8 bridgehead atoms. The highest BCUT2D eigenvalue weighted by Gasteiger charge is 2.68. The van der Waals surface area contributed by atoms with E-state index >= 15 is 0 Å². The summed E-state index contributed by atoms with van der Waals surface area (Å²) in [6.07, 6.45) is -3.80. The van der Waals surface area contributed by atoms with Crippen LogP contribution in [-0.4, -0.2) is 136 Å². The van der Waals surface area contributed by atoms with Crippen molar-refractivity contribution < 1.29 is 67.0 Å². The first-order chi connectivity index (χ1) is 41.8. The number of rotatable bonds is 25. The van der Waals surface area contributed by atoms with Crippen LogP contribution in [0, 0.1) is 59.2 Å². The van der Waals surface area contributed by atoms with Crippen molar-refractivity contribution in [1.82, 2.24) is 21.3 Å². The lowest BCUT2D eigenvalue weighted by Crippen LogP contribution is -2.64. The fraction of sp³-hybridized carbons (Fsp3) is 0.677. The van der Waals surface area contributed by atoms with Crippen molar-refractivity contribution in [1.29, 1.82) is 0 Å². The molecule has 7 aliphatic heterocycles. The topological polar surface area (TPSA) is 457 Å². The van der Waals surface area contributed by atoms with Gasteiger partial charge in [-0.3, -0.25) is 42.6 Å². The second kappa shape index (κ2) is 25.9. The summed E-state index contributed by atoms with van der Waals surface area (Å²) in [5.74, 6) is -6.44. The lowest BCUT2D eigenvalue weighted by molar-refractivity contribution is -0.124. The monoisotopic (exact) mass is 1280 g/mol. The summed E-state index contributed by atoms with van der Waals surface area (Å²) in [4.78, 5) is 111. The zero-order valence-electron chi connectivity index (χ0n) is 53.6. The van der Waals surface area contributed by atoms with Crippen LogP contribution < -0.4 is 65.9 Å². The number of phosphoric ester groups is 1. The molecule has 1 aromatic rings. The van der Waals surface area contributed by atoms with Crippen molar-refractivity contribution in [2.75, 3.05) is 23.5 Å². The van der Waals surface area contributed by atoms with Crippen LogP contribution in [0.25, 0.3) is 0 Å². The first kappa shape index (κ1) is 69.4.